The zero-order valence-electron chi connectivity index (χ0n) is 9.74. The lowest BCUT2D eigenvalue weighted by Crippen LogP contribution is -2.52. The van der Waals surface area contributed by atoms with Gasteiger partial charge in [-0.1, -0.05) is 0 Å². The molecule has 0 aromatic carbocycles. The van der Waals surface area contributed by atoms with Crippen LogP contribution in [0.5, 0.6) is 0 Å². The predicted octanol–water partition coefficient (Wildman–Crippen LogP) is -0.713. The van der Waals surface area contributed by atoms with Crippen LogP contribution in [-0.4, -0.2) is 60.9 Å². The van der Waals surface area contributed by atoms with E-state index < -0.39 is 0 Å². The summed E-state index contributed by atoms with van der Waals surface area (Å²) < 4.78 is 0. The van der Waals surface area contributed by atoms with Crippen LogP contribution < -0.4 is 5.32 Å². The fourth-order valence-electron chi connectivity index (χ4n) is 2.14. The number of rotatable bonds is 2. The number of hydrogen-bond acceptors (Lipinski definition) is 3. The Bertz CT molecular complexity index is 281. The average molecular weight is 225 g/mol. The minimum atomic E-state index is 0.107. The second-order valence-electron chi connectivity index (χ2n) is 4.62. The third kappa shape index (κ3) is 2.52. The summed E-state index contributed by atoms with van der Waals surface area (Å²) in [4.78, 5) is 26.7. The minimum absolute atomic E-state index is 0.107. The number of hydrogen-bond donors (Lipinski definition) is 1. The summed E-state index contributed by atoms with van der Waals surface area (Å²) in [5.74, 6) is 0.878. The fourth-order valence-corrected chi connectivity index (χ4v) is 2.14. The van der Waals surface area contributed by atoms with Crippen molar-refractivity contribution in [2.24, 2.45) is 5.92 Å². The maximum Gasteiger partial charge on any atom is 0.223 e. The lowest BCUT2D eigenvalue weighted by Gasteiger charge is -2.36. The molecule has 0 spiro atoms. The Morgan fingerprint density at radius 2 is 1.69 bits per heavy atom. The number of piperazine rings is 1. The van der Waals surface area contributed by atoms with E-state index in [1.165, 1.54) is 0 Å². The van der Waals surface area contributed by atoms with Crippen LogP contribution >= 0.6 is 0 Å². The number of amides is 2. The van der Waals surface area contributed by atoms with Crippen LogP contribution in [0, 0.1) is 5.92 Å². The van der Waals surface area contributed by atoms with Gasteiger partial charge in [-0.25, -0.2) is 0 Å². The topological polar surface area (TPSA) is 52.7 Å². The molecule has 5 heteroatoms. The Balaban J connectivity index is 1.74. The van der Waals surface area contributed by atoms with E-state index in [-0.39, 0.29) is 11.8 Å². The summed E-state index contributed by atoms with van der Waals surface area (Å²) in [5.41, 5.74) is 0. The van der Waals surface area contributed by atoms with Crippen molar-refractivity contribution in [2.75, 3.05) is 39.3 Å². The first-order valence-electron chi connectivity index (χ1n) is 5.91. The normalized spacial score (nSPS) is 21.8. The van der Waals surface area contributed by atoms with E-state index in [9.17, 15) is 9.59 Å². The fraction of sp³-hybridized carbons (Fsp3) is 0.818. The zero-order valence-corrected chi connectivity index (χ0v) is 9.74. The molecule has 0 aromatic heterocycles. The standard InChI is InChI=1S/C11H19N3O2/c1-9(15)13-2-4-14(5-3-13)11(16)6-10-7-12-8-10/h10,12H,2-8H2,1H3. The van der Waals surface area contributed by atoms with Gasteiger partial charge in [-0.2, -0.15) is 0 Å². The van der Waals surface area contributed by atoms with Gasteiger partial charge in [0.15, 0.2) is 0 Å². The van der Waals surface area contributed by atoms with Crippen LogP contribution in [0.15, 0.2) is 0 Å². The van der Waals surface area contributed by atoms with Crippen LogP contribution in [0.4, 0.5) is 0 Å². The average Bonchev–Trinajstić information content (AvgIpc) is 2.23. The van der Waals surface area contributed by atoms with Crippen molar-refractivity contribution in [3.63, 3.8) is 0 Å². The Labute approximate surface area is 95.8 Å². The lowest BCUT2D eigenvalue weighted by atomic mass is 9.98. The molecule has 1 N–H and O–H groups in total. The van der Waals surface area contributed by atoms with Gasteiger partial charge in [-0.05, 0) is 19.0 Å². The Kier molecular flexibility index (Phi) is 3.43. The molecule has 0 saturated carbocycles. The van der Waals surface area contributed by atoms with Crippen molar-refractivity contribution in [1.29, 1.82) is 0 Å². The van der Waals surface area contributed by atoms with Crippen LogP contribution in [-0.2, 0) is 9.59 Å². The van der Waals surface area contributed by atoms with Crippen LogP contribution in [0.3, 0.4) is 0 Å². The molecule has 0 radical (unpaired) electrons. The molecule has 2 aliphatic rings. The highest BCUT2D eigenvalue weighted by molar-refractivity contribution is 5.77. The van der Waals surface area contributed by atoms with Crippen LogP contribution in [0.1, 0.15) is 13.3 Å². The maximum absolute atomic E-state index is 11.9. The van der Waals surface area contributed by atoms with E-state index >= 15 is 0 Å². The number of carbonyl (C=O) groups excluding carboxylic acids is 2. The van der Waals surface area contributed by atoms with Crippen molar-refractivity contribution in [3.05, 3.63) is 0 Å². The van der Waals surface area contributed by atoms with Crippen LogP contribution in [0.2, 0.25) is 0 Å². The summed E-state index contributed by atoms with van der Waals surface area (Å²) >= 11 is 0. The van der Waals surface area contributed by atoms with Crippen molar-refractivity contribution >= 4 is 11.8 Å². The van der Waals surface area contributed by atoms with E-state index in [1.54, 1.807) is 11.8 Å². The largest absolute Gasteiger partial charge is 0.339 e. The van der Waals surface area contributed by atoms with Gasteiger partial charge in [0.2, 0.25) is 11.8 Å². The molecule has 5 nitrogen and oxygen atoms in total. The summed E-state index contributed by atoms with van der Waals surface area (Å²) in [6.07, 6.45) is 0.660. The van der Waals surface area contributed by atoms with Gasteiger partial charge in [0.25, 0.3) is 0 Å². The quantitative estimate of drug-likeness (QED) is 0.675. The van der Waals surface area contributed by atoms with Gasteiger partial charge in [-0.3, -0.25) is 9.59 Å². The third-order valence-corrected chi connectivity index (χ3v) is 3.41. The molecule has 2 saturated heterocycles. The number of carbonyl (C=O) groups is 2. The van der Waals surface area contributed by atoms with Gasteiger partial charge in [0.05, 0.1) is 0 Å². The van der Waals surface area contributed by atoms with E-state index in [1.807, 2.05) is 4.90 Å². The minimum Gasteiger partial charge on any atom is -0.339 e. The SMILES string of the molecule is CC(=O)N1CCN(C(=O)CC2CNC2)CC1. The molecule has 0 aromatic rings. The lowest BCUT2D eigenvalue weighted by molar-refractivity contribution is -0.139. The summed E-state index contributed by atoms with van der Waals surface area (Å²) in [6.45, 7) is 6.28. The van der Waals surface area contributed by atoms with Crippen LogP contribution in [0.25, 0.3) is 0 Å². The van der Waals surface area contributed by atoms with Crippen molar-refractivity contribution in [3.8, 4) is 0 Å². The predicted molar refractivity (Wildman–Crippen MR) is 59.8 cm³/mol. The second-order valence-corrected chi connectivity index (χ2v) is 4.62. The van der Waals surface area contributed by atoms with Crippen molar-refractivity contribution in [2.45, 2.75) is 13.3 Å². The zero-order chi connectivity index (χ0) is 11.5. The molecule has 0 atom stereocenters. The first-order chi connectivity index (χ1) is 7.66. The molecule has 16 heavy (non-hydrogen) atoms. The van der Waals surface area contributed by atoms with E-state index in [2.05, 4.69) is 5.32 Å². The van der Waals surface area contributed by atoms with Gasteiger partial charge >= 0.3 is 0 Å². The molecule has 2 fully saturated rings. The van der Waals surface area contributed by atoms with E-state index in [0.717, 1.165) is 13.1 Å². The summed E-state index contributed by atoms with van der Waals surface area (Å²) in [7, 11) is 0. The number of nitrogens with one attached hydrogen (secondary N) is 1. The molecule has 0 bridgehead atoms. The molecular weight excluding hydrogens is 206 g/mol. The maximum atomic E-state index is 11.9. The van der Waals surface area contributed by atoms with Gasteiger partial charge in [0, 0.05) is 39.5 Å². The Morgan fingerprint density at radius 1 is 1.12 bits per heavy atom. The third-order valence-electron chi connectivity index (χ3n) is 3.41. The highest BCUT2D eigenvalue weighted by Gasteiger charge is 2.26. The molecular formula is C11H19N3O2. The molecule has 2 rings (SSSR count). The first kappa shape index (κ1) is 11.4. The molecule has 0 aliphatic carbocycles. The first-order valence-corrected chi connectivity index (χ1v) is 5.91. The van der Waals surface area contributed by atoms with Gasteiger partial charge in [-0.15, -0.1) is 0 Å². The van der Waals surface area contributed by atoms with Crippen molar-refractivity contribution in [1.82, 2.24) is 15.1 Å². The smallest absolute Gasteiger partial charge is 0.223 e. The molecule has 2 aliphatic heterocycles. The monoisotopic (exact) mass is 225 g/mol. The highest BCUT2D eigenvalue weighted by atomic mass is 16.2. The molecule has 90 valence electrons. The van der Waals surface area contributed by atoms with Crippen molar-refractivity contribution < 1.29 is 9.59 Å². The van der Waals surface area contributed by atoms with Gasteiger partial charge < -0.3 is 15.1 Å². The number of nitrogens with zero attached hydrogens (tertiary/aromatic N) is 2. The van der Waals surface area contributed by atoms with E-state index in [0.29, 0.717) is 38.5 Å². The van der Waals surface area contributed by atoms with E-state index in [4.69, 9.17) is 0 Å². The summed E-state index contributed by atoms with van der Waals surface area (Å²) in [6, 6.07) is 0. The molecule has 0 unspecified atom stereocenters. The summed E-state index contributed by atoms with van der Waals surface area (Å²) in [5, 5.41) is 3.17. The Morgan fingerprint density at radius 3 is 2.12 bits per heavy atom. The molecule has 2 amide bonds. The van der Waals surface area contributed by atoms with Gasteiger partial charge in [0.1, 0.15) is 0 Å². The highest BCUT2D eigenvalue weighted by Crippen LogP contribution is 2.12. The molecule has 2 heterocycles. The Hall–Kier alpha value is -1.10. The second kappa shape index (κ2) is 4.82.